The molecule has 4 rings (SSSR count). The highest BCUT2D eigenvalue weighted by atomic mass is 19.4. The maximum Gasteiger partial charge on any atom is 0.416 e. The molecule has 0 amide bonds. The number of alkyl halides is 3. The van der Waals surface area contributed by atoms with Crippen LogP contribution < -0.4 is 0 Å². The van der Waals surface area contributed by atoms with Gasteiger partial charge in [0.15, 0.2) is 0 Å². The molecule has 0 saturated carbocycles. The van der Waals surface area contributed by atoms with Gasteiger partial charge in [0, 0.05) is 25.8 Å². The zero-order valence-electron chi connectivity index (χ0n) is 15.9. The van der Waals surface area contributed by atoms with Gasteiger partial charge in [0.2, 0.25) is 0 Å². The smallest absolute Gasteiger partial charge is 0.294 e. The number of hydrogen-bond donors (Lipinski definition) is 0. The molecule has 3 aromatic rings. The molecule has 0 aliphatic carbocycles. The summed E-state index contributed by atoms with van der Waals surface area (Å²) < 4.78 is 38.9. The summed E-state index contributed by atoms with van der Waals surface area (Å²) in [6.07, 6.45) is 0.262. The van der Waals surface area contributed by atoms with E-state index in [4.69, 9.17) is 0 Å². The molecule has 148 valence electrons. The number of pyridine rings is 1. The van der Waals surface area contributed by atoms with Crippen molar-refractivity contribution >= 4 is 5.57 Å². The van der Waals surface area contributed by atoms with Crippen molar-refractivity contribution in [1.82, 2.24) is 9.88 Å². The molecule has 0 bridgehead atoms. The molecule has 0 saturated heterocycles. The van der Waals surface area contributed by atoms with Gasteiger partial charge in [-0.2, -0.15) is 13.2 Å². The lowest BCUT2D eigenvalue weighted by atomic mass is 9.97. The van der Waals surface area contributed by atoms with Gasteiger partial charge in [-0.3, -0.25) is 9.88 Å². The number of rotatable bonds is 4. The van der Waals surface area contributed by atoms with Gasteiger partial charge in [0.1, 0.15) is 0 Å². The molecule has 0 spiro atoms. The highest BCUT2D eigenvalue weighted by molar-refractivity contribution is 5.67. The van der Waals surface area contributed by atoms with E-state index in [0.717, 1.165) is 41.4 Å². The van der Waals surface area contributed by atoms with E-state index in [0.29, 0.717) is 18.7 Å². The van der Waals surface area contributed by atoms with E-state index in [1.54, 1.807) is 6.07 Å². The van der Waals surface area contributed by atoms with E-state index >= 15 is 0 Å². The molecule has 0 unspecified atom stereocenters. The normalized spacial score (nSPS) is 15.2. The molecule has 0 N–H and O–H groups in total. The maximum absolute atomic E-state index is 13.0. The van der Waals surface area contributed by atoms with Crippen molar-refractivity contribution in [3.05, 3.63) is 95.8 Å². The van der Waals surface area contributed by atoms with Gasteiger partial charge in [-0.05, 0) is 52.9 Å². The van der Waals surface area contributed by atoms with Gasteiger partial charge in [-0.15, -0.1) is 0 Å². The molecule has 0 atom stereocenters. The summed E-state index contributed by atoms with van der Waals surface area (Å²) in [5.74, 6) is 0. The predicted molar refractivity (Wildman–Crippen MR) is 109 cm³/mol. The van der Waals surface area contributed by atoms with E-state index in [1.807, 2.05) is 36.5 Å². The topological polar surface area (TPSA) is 16.1 Å². The van der Waals surface area contributed by atoms with Gasteiger partial charge in [-0.25, -0.2) is 0 Å². The van der Waals surface area contributed by atoms with Crippen LogP contribution in [-0.4, -0.2) is 23.0 Å². The van der Waals surface area contributed by atoms with Gasteiger partial charge in [0.25, 0.3) is 0 Å². The summed E-state index contributed by atoms with van der Waals surface area (Å²) in [6, 6.07) is 19.9. The summed E-state index contributed by atoms with van der Waals surface area (Å²) in [4.78, 5) is 6.75. The minimum atomic E-state index is -4.31. The molecule has 0 fully saturated rings. The van der Waals surface area contributed by atoms with E-state index in [1.165, 1.54) is 12.1 Å². The van der Waals surface area contributed by atoms with Crippen LogP contribution in [0, 0.1) is 0 Å². The van der Waals surface area contributed by atoms with Crippen molar-refractivity contribution < 1.29 is 13.2 Å². The van der Waals surface area contributed by atoms with Crippen molar-refractivity contribution in [1.29, 1.82) is 0 Å². The molecule has 2 aromatic carbocycles. The minimum Gasteiger partial charge on any atom is -0.294 e. The second-order valence-corrected chi connectivity index (χ2v) is 7.19. The Morgan fingerprint density at radius 3 is 2.38 bits per heavy atom. The van der Waals surface area contributed by atoms with E-state index in [2.05, 4.69) is 28.1 Å². The fourth-order valence-electron chi connectivity index (χ4n) is 3.62. The summed E-state index contributed by atoms with van der Waals surface area (Å²) in [5.41, 5.74) is 4.30. The van der Waals surface area contributed by atoms with Crippen molar-refractivity contribution in [2.75, 3.05) is 13.1 Å². The fraction of sp³-hybridized carbons (Fsp3) is 0.208. The first kappa shape index (κ1) is 19.4. The largest absolute Gasteiger partial charge is 0.416 e. The highest BCUT2D eigenvalue weighted by Gasteiger charge is 2.30. The van der Waals surface area contributed by atoms with Crippen LogP contribution in [0.3, 0.4) is 0 Å². The van der Waals surface area contributed by atoms with Crippen LogP contribution in [-0.2, 0) is 12.7 Å². The van der Waals surface area contributed by atoms with Gasteiger partial charge >= 0.3 is 6.18 Å². The number of benzene rings is 2. The highest BCUT2D eigenvalue weighted by Crippen LogP contribution is 2.32. The van der Waals surface area contributed by atoms with Gasteiger partial charge < -0.3 is 0 Å². The summed E-state index contributed by atoms with van der Waals surface area (Å²) in [6.45, 7) is 2.20. The zero-order valence-corrected chi connectivity index (χ0v) is 15.9. The number of aromatic nitrogens is 1. The molecule has 2 heterocycles. The lowest BCUT2D eigenvalue weighted by Crippen LogP contribution is -2.28. The van der Waals surface area contributed by atoms with E-state index in [9.17, 15) is 13.2 Å². The Morgan fingerprint density at radius 1 is 0.862 bits per heavy atom. The van der Waals surface area contributed by atoms with Crippen LogP contribution in [0.2, 0.25) is 0 Å². The molecule has 0 radical (unpaired) electrons. The summed E-state index contributed by atoms with van der Waals surface area (Å²) in [5, 5.41) is 0. The Labute approximate surface area is 168 Å². The first-order chi connectivity index (χ1) is 14.0. The lowest BCUT2D eigenvalue weighted by Gasteiger charge is -2.26. The van der Waals surface area contributed by atoms with Crippen LogP contribution in [0.1, 0.15) is 23.2 Å². The first-order valence-electron chi connectivity index (χ1n) is 9.58. The quantitative estimate of drug-likeness (QED) is 0.535. The van der Waals surface area contributed by atoms with Crippen LogP contribution >= 0.6 is 0 Å². The van der Waals surface area contributed by atoms with Crippen LogP contribution in [0.15, 0.2) is 79.0 Å². The zero-order chi connectivity index (χ0) is 20.3. The molecule has 2 nitrogen and oxygen atoms in total. The Morgan fingerprint density at radius 2 is 1.66 bits per heavy atom. The van der Waals surface area contributed by atoms with Gasteiger partial charge in [-0.1, -0.05) is 48.5 Å². The molecule has 5 heteroatoms. The third kappa shape index (κ3) is 4.74. The molecular formula is C24H21F3N2. The molecular weight excluding hydrogens is 373 g/mol. The Bertz CT molecular complexity index is 1010. The third-order valence-electron chi connectivity index (χ3n) is 5.16. The van der Waals surface area contributed by atoms with Crippen LogP contribution in [0.4, 0.5) is 13.2 Å². The monoisotopic (exact) mass is 394 g/mol. The molecule has 1 aliphatic heterocycles. The van der Waals surface area contributed by atoms with Crippen molar-refractivity contribution in [2.45, 2.75) is 19.1 Å². The number of hydrogen-bond acceptors (Lipinski definition) is 2. The SMILES string of the molecule is FC(F)(F)c1cccc(C2=CCN(Cc3cc(-c4ccccc4)ccn3)CC2)c1. The maximum atomic E-state index is 13.0. The molecule has 1 aromatic heterocycles. The Kier molecular flexibility index (Phi) is 5.49. The third-order valence-corrected chi connectivity index (χ3v) is 5.16. The molecule has 29 heavy (non-hydrogen) atoms. The van der Waals surface area contributed by atoms with E-state index in [-0.39, 0.29) is 0 Å². The first-order valence-corrected chi connectivity index (χ1v) is 9.58. The van der Waals surface area contributed by atoms with Gasteiger partial charge in [0.05, 0.1) is 11.3 Å². The van der Waals surface area contributed by atoms with Crippen molar-refractivity contribution in [3.63, 3.8) is 0 Å². The minimum absolute atomic E-state index is 0.597. The Balaban J connectivity index is 1.45. The average molecular weight is 394 g/mol. The summed E-state index contributed by atoms with van der Waals surface area (Å²) >= 11 is 0. The average Bonchev–Trinajstić information content (AvgIpc) is 2.75. The second-order valence-electron chi connectivity index (χ2n) is 7.19. The molecule has 1 aliphatic rings. The lowest BCUT2D eigenvalue weighted by molar-refractivity contribution is -0.137. The standard InChI is InChI=1S/C24H21F3N2/c25-24(26,27)22-8-4-7-20(15-22)19-10-13-29(14-11-19)17-23-16-21(9-12-28-23)18-5-2-1-3-6-18/h1-10,12,15-16H,11,13-14,17H2. The van der Waals surface area contributed by atoms with Crippen molar-refractivity contribution in [3.8, 4) is 11.1 Å². The van der Waals surface area contributed by atoms with E-state index < -0.39 is 11.7 Å². The van der Waals surface area contributed by atoms with Crippen LogP contribution in [0.25, 0.3) is 16.7 Å². The van der Waals surface area contributed by atoms with Crippen molar-refractivity contribution in [2.24, 2.45) is 0 Å². The second kappa shape index (κ2) is 8.21. The summed E-state index contributed by atoms with van der Waals surface area (Å²) in [7, 11) is 0. The fourth-order valence-corrected chi connectivity index (χ4v) is 3.62. The number of nitrogens with zero attached hydrogens (tertiary/aromatic N) is 2. The van der Waals surface area contributed by atoms with Crippen LogP contribution in [0.5, 0.6) is 0 Å². The predicted octanol–water partition coefficient (Wildman–Crippen LogP) is 6.06. The number of halogens is 3. The Hall–Kier alpha value is -2.92.